The van der Waals surface area contributed by atoms with E-state index in [1.165, 1.54) is 32.1 Å². The van der Waals surface area contributed by atoms with Gasteiger partial charge in [-0.3, -0.25) is 4.79 Å². The summed E-state index contributed by atoms with van der Waals surface area (Å²) in [6.45, 7) is 3.00. The van der Waals surface area contributed by atoms with E-state index in [-0.39, 0.29) is 0 Å². The molecule has 0 saturated heterocycles. The van der Waals surface area contributed by atoms with Gasteiger partial charge in [0.2, 0.25) is 0 Å². The van der Waals surface area contributed by atoms with Crippen LogP contribution in [0.5, 0.6) is 0 Å². The summed E-state index contributed by atoms with van der Waals surface area (Å²) in [5.74, 6) is -0.129. The highest BCUT2D eigenvalue weighted by Crippen LogP contribution is 2.23. The van der Waals surface area contributed by atoms with E-state index in [4.69, 9.17) is 9.84 Å². The van der Waals surface area contributed by atoms with Gasteiger partial charge in [-0.05, 0) is 39.2 Å². The number of carboxylic acid groups (broad SMARTS) is 1. The predicted molar refractivity (Wildman–Crippen MR) is 67.1 cm³/mol. The molecule has 0 aromatic rings. The fraction of sp³-hybridized carbons (Fsp3) is 0.923. The molecule has 0 amide bonds. The minimum atomic E-state index is -0.868. The molecule has 1 atom stereocenters. The number of aliphatic carboxylic acids is 1. The van der Waals surface area contributed by atoms with Crippen LogP contribution in [0.2, 0.25) is 0 Å². The second-order valence-corrected chi connectivity index (χ2v) is 5.22. The zero-order valence-corrected chi connectivity index (χ0v) is 11.0. The number of rotatable bonds is 7. The molecule has 0 aromatic heterocycles. The maximum atomic E-state index is 11.0. The minimum absolute atomic E-state index is 0.506. The van der Waals surface area contributed by atoms with Crippen molar-refractivity contribution in [3.63, 3.8) is 0 Å². The van der Waals surface area contributed by atoms with Crippen molar-refractivity contribution in [1.29, 1.82) is 0 Å². The van der Waals surface area contributed by atoms with Crippen molar-refractivity contribution in [3.8, 4) is 0 Å². The van der Waals surface area contributed by atoms with E-state index in [0.717, 1.165) is 6.61 Å². The van der Waals surface area contributed by atoms with E-state index in [1.807, 2.05) is 0 Å². The molecule has 0 bridgehead atoms. The summed E-state index contributed by atoms with van der Waals surface area (Å²) in [6.07, 6.45) is 7.03. The lowest BCUT2D eigenvalue weighted by Gasteiger charge is -2.25. The van der Waals surface area contributed by atoms with Crippen molar-refractivity contribution < 1.29 is 14.6 Å². The van der Waals surface area contributed by atoms with E-state index in [1.54, 1.807) is 14.0 Å². The zero-order valence-electron chi connectivity index (χ0n) is 11.0. The number of likely N-dealkylation sites (N-methyl/N-ethyl adjacent to an activating group) is 1. The highest BCUT2D eigenvalue weighted by Gasteiger charge is 2.30. The molecule has 0 heterocycles. The predicted octanol–water partition coefficient (Wildman–Crippen LogP) is 2.04. The summed E-state index contributed by atoms with van der Waals surface area (Å²) < 4.78 is 5.62. The average Bonchev–Trinajstić information content (AvgIpc) is 2.35. The monoisotopic (exact) mass is 243 g/mol. The van der Waals surface area contributed by atoms with Gasteiger partial charge in [-0.25, -0.2) is 0 Å². The van der Waals surface area contributed by atoms with Crippen LogP contribution < -0.4 is 5.32 Å². The summed E-state index contributed by atoms with van der Waals surface area (Å²) in [5.41, 5.74) is -0.868. The van der Waals surface area contributed by atoms with Crippen molar-refractivity contribution >= 4 is 5.97 Å². The lowest BCUT2D eigenvalue weighted by Crippen LogP contribution is -2.48. The second kappa shape index (κ2) is 6.97. The highest BCUT2D eigenvalue weighted by molar-refractivity contribution is 5.78. The SMILES string of the molecule is CNC(C)(CCOCC1CCCCC1)C(=O)O. The Morgan fingerprint density at radius 1 is 1.41 bits per heavy atom. The van der Waals surface area contributed by atoms with Crippen molar-refractivity contribution in [2.75, 3.05) is 20.3 Å². The maximum absolute atomic E-state index is 11.0. The molecule has 100 valence electrons. The molecule has 0 radical (unpaired) electrons. The van der Waals surface area contributed by atoms with Gasteiger partial charge in [0, 0.05) is 13.2 Å². The Morgan fingerprint density at radius 3 is 2.59 bits per heavy atom. The number of carboxylic acids is 1. The van der Waals surface area contributed by atoms with Gasteiger partial charge in [0.1, 0.15) is 5.54 Å². The first-order valence-corrected chi connectivity index (χ1v) is 6.58. The van der Waals surface area contributed by atoms with Gasteiger partial charge in [0.25, 0.3) is 0 Å². The second-order valence-electron chi connectivity index (χ2n) is 5.22. The lowest BCUT2D eigenvalue weighted by atomic mass is 9.90. The quantitative estimate of drug-likeness (QED) is 0.672. The Hall–Kier alpha value is -0.610. The topological polar surface area (TPSA) is 58.6 Å². The largest absolute Gasteiger partial charge is 0.480 e. The van der Waals surface area contributed by atoms with Gasteiger partial charge in [0.05, 0.1) is 0 Å². The fourth-order valence-corrected chi connectivity index (χ4v) is 2.22. The number of hydrogen-bond acceptors (Lipinski definition) is 3. The van der Waals surface area contributed by atoms with Gasteiger partial charge in [-0.15, -0.1) is 0 Å². The molecule has 2 N–H and O–H groups in total. The number of ether oxygens (including phenoxy) is 1. The molecule has 1 unspecified atom stereocenters. The number of nitrogens with one attached hydrogen (secondary N) is 1. The van der Waals surface area contributed by atoms with Crippen molar-refractivity contribution in [3.05, 3.63) is 0 Å². The Labute approximate surface area is 104 Å². The molecule has 4 heteroatoms. The van der Waals surface area contributed by atoms with Crippen LogP contribution in [0.4, 0.5) is 0 Å². The molecule has 1 aliphatic carbocycles. The average molecular weight is 243 g/mol. The zero-order chi connectivity index (χ0) is 12.7. The third-order valence-electron chi connectivity index (χ3n) is 3.85. The summed E-state index contributed by atoms with van der Waals surface area (Å²) >= 11 is 0. The van der Waals surface area contributed by atoms with E-state index in [2.05, 4.69) is 5.32 Å². The molecule has 1 fully saturated rings. The van der Waals surface area contributed by atoms with E-state index >= 15 is 0 Å². The summed E-state index contributed by atoms with van der Waals surface area (Å²) in [4.78, 5) is 11.0. The Balaban J connectivity index is 2.16. The normalized spacial score (nSPS) is 21.1. The van der Waals surface area contributed by atoms with Gasteiger partial charge in [-0.1, -0.05) is 19.3 Å². The molecule has 0 spiro atoms. The van der Waals surface area contributed by atoms with Crippen LogP contribution in [0.25, 0.3) is 0 Å². The number of carbonyl (C=O) groups is 1. The molecule has 0 aliphatic heterocycles. The fourth-order valence-electron chi connectivity index (χ4n) is 2.22. The van der Waals surface area contributed by atoms with Crippen LogP contribution in [0.1, 0.15) is 45.4 Å². The van der Waals surface area contributed by atoms with E-state index in [0.29, 0.717) is 18.9 Å². The summed E-state index contributed by atoms with van der Waals surface area (Å²) in [5, 5.41) is 11.9. The van der Waals surface area contributed by atoms with E-state index < -0.39 is 11.5 Å². The van der Waals surface area contributed by atoms with Crippen molar-refractivity contribution in [2.45, 2.75) is 51.0 Å². The molecule has 1 aliphatic rings. The summed E-state index contributed by atoms with van der Waals surface area (Å²) in [6, 6.07) is 0. The van der Waals surface area contributed by atoms with Crippen LogP contribution in [-0.4, -0.2) is 36.9 Å². The maximum Gasteiger partial charge on any atom is 0.323 e. The molecule has 17 heavy (non-hydrogen) atoms. The molecular formula is C13H25NO3. The molecule has 0 aromatic carbocycles. The van der Waals surface area contributed by atoms with Crippen LogP contribution in [0, 0.1) is 5.92 Å². The number of hydrogen-bond donors (Lipinski definition) is 2. The van der Waals surface area contributed by atoms with Gasteiger partial charge < -0.3 is 15.2 Å². The lowest BCUT2D eigenvalue weighted by molar-refractivity contribution is -0.144. The Kier molecular flexibility index (Phi) is 5.92. The third kappa shape index (κ3) is 4.64. The first-order valence-electron chi connectivity index (χ1n) is 6.58. The molecule has 4 nitrogen and oxygen atoms in total. The van der Waals surface area contributed by atoms with Crippen LogP contribution >= 0.6 is 0 Å². The highest BCUT2D eigenvalue weighted by atomic mass is 16.5. The van der Waals surface area contributed by atoms with Crippen molar-refractivity contribution in [2.24, 2.45) is 5.92 Å². The first-order chi connectivity index (χ1) is 8.08. The van der Waals surface area contributed by atoms with Gasteiger partial charge >= 0.3 is 5.97 Å². The van der Waals surface area contributed by atoms with Crippen molar-refractivity contribution in [1.82, 2.24) is 5.32 Å². The van der Waals surface area contributed by atoms with Crippen LogP contribution in [-0.2, 0) is 9.53 Å². The standard InChI is InChI=1S/C13H25NO3/c1-13(14-2,12(15)16)8-9-17-10-11-6-4-3-5-7-11/h11,14H,3-10H2,1-2H3,(H,15,16). The summed E-state index contributed by atoms with van der Waals surface area (Å²) in [7, 11) is 1.68. The Morgan fingerprint density at radius 2 is 2.06 bits per heavy atom. The first kappa shape index (κ1) is 14.5. The van der Waals surface area contributed by atoms with Crippen LogP contribution in [0.15, 0.2) is 0 Å². The van der Waals surface area contributed by atoms with Crippen LogP contribution in [0.3, 0.4) is 0 Å². The molecule has 1 rings (SSSR count). The van der Waals surface area contributed by atoms with Gasteiger partial charge in [0.15, 0.2) is 0 Å². The molecule has 1 saturated carbocycles. The van der Waals surface area contributed by atoms with E-state index in [9.17, 15) is 4.79 Å². The van der Waals surface area contributed by atoms with Gasteiger partial charge in [-0.2, -0.15) is 0 Å². The third-order valence-corrected chi connectivity index (χ3v) is 3.85. The smallest absolute Gasteiger partial charge is 0.323 e. The molecular weight excluding hydrogens is 218 g/mol. The minimum Gasteiger partial charge on any atom is -0.480 e. The Bertz CT molecular complexity index is 239.